The van der Waals surface area contributed by atoms with E-state index in [0.717, 1.165) is 4.90 Å². The lowest BCUT2D eigenvalue weighted by atomic mass is 9.85. The molecule has 1 aliphatic carbocycles. The maximum absolute atomic E-state index is 12.5. The van der Waals surface area contributed by atoms with Crippen LogP contribution in [-0.4, -0.2) is 55.3 Å². The first-order valence-corrected chi connectivity index (χ1v) is 8.97. The van der Waals surface area contributed by atoms with Gasteiger partial charge in [-0.15, -0.1) is 0 Å². The Labute approximate surface area is 166 Å². The molecule has 0 saturated carbocycles. The largest absolute Gasteiger partial charge is 0.465 e. The van der Waals surface area contributed by atoms with Crippen LogP contribution in [0.2, 0.25) is 0 Å². The van der Waals surface area contributed by atoms with Crippen LogP contribution >= 0.6 is 0 Å². The van der Waals surface area contributed by atoms with E-state index in [1.54, 1.807) is 0 Å². The van der Waals surface area contributed by atoms with E-state index in [-0.39, 0.29) is 28.6 Å². The number of methoxy groups -OCH3 is 2. The van der Waals surface area contributed by atoms with Crippen LogP contribution in [0.4, 0.5) is 5.69 Å². The summed E-state index contributed by atoms with van der Waals surface area (Å²) in [5.74, 6) is -3.60. The minimum absolute atomic E-state index is 0.0381. The summed E-state index contributed by atoms with van der Waals surface area (Å²) in [5.41, 5.74) is 0.212. The van der Waals surface area contributed by atoms with Gasteiger partial charge in [-0.05, 0) is 31.0 Å². The number of carbonyl (C=O) groups excluding carboxylic acids is 5. The highest BCUT2D eigenvalue weighted by molar-refractivity contribution is 6.09. The molecule has 9 nitrogen and oxygen atoms in total. The summed E-state index contributed by atoms with van der Waals surface area (Å²) in [4.78, 5) is 62.0. The molecular weight excluding hydrogens is 380 g/mol. The number of ether oxygens (including phenoxy) is 2. The zero-order chi connectivity index (χ0) is 21.1. The molecule has 2 aliphatic rings. The zero-order valence-corrected chi connectivity index (χ0v) is 16.0. The van der Waals surface area contributed by atoms with Crippen molar-refractivity contribution >= 4 is 35.3 Å². The van der Waals surface area contributed by atoms with Gasteiger partial charge in [-0.2, -0.15) is 0 Å². The molecule has 1 aliphatic heterocycles. The number of carbonyl (C=O) groups is 5. The molecule has 152 valence electrons. The van der Waals surface area contributed by atoms with Gasteiger partial charge in [0, 0.05) is 5.69 Å². The number of hydrogen-bond acceptors (Lipinski definition) is 7. The van der Waals surface area contributed by atoms with Crippen LogP contribution in [0, 0.1) is 11.8 Å². The molecule has 9 heteroatoms. The van der Waals surface area contributed by atoms with Crippen LogP contribution < -0.4 is 5.32 Å². The molecule has 1 aromatic rings. The second kappa shape index (κ2) is 8.26. The molecule has 0 bridgehead atoms. The van der Waals surface area contributed by atoms with E-state index in [2.05, 4.69) is 14.8 Å². The van der Waals surface area contributed by atoms with Crippen molar-refractivity contribution in [3.8, 4) is 0 Å². The summed E-state index contributed by atoms with van der Waals surface area (Å²) in [5, 5.41) is 2.51. The molecule has 0 aromatic heterocycles. The Balaban J connectivity index is 1.76. The molecular formula is C20H20N2O7. The van der Waals surface area contributed by atoms with Gasteiger partial charge >= 0.3 is 11.9 Å². The Bertz CT molecular complexity index is 861. The van der Waals surface area contributed by atoms with Gasteiger partial charge in [0.2, 0.25) is 17.7 Å². The van der Waals surface area contributed by atoms with Crippen molar-refractivity contribution < 1.29 is 33.4 Å². The smallest absolute Gasteiger partial charge is 0.337 e. The minimum atomic E-state index is -0.701. The number of benzene rings is 1. The molecule has 1 fully saturated rings. The van der Waals surface area contributed by atoms with Gasteiger partial charge in [0.25, 0.3) is 0 Å². The standard InChI is InChI=1S/C20H20N2O7/c1-28-19(26)11-7-12(20(27)29-2)9-13(8-11)21-16(23)10-22-17(24)14-5-3-4-6-15(14)18(22)25/h3-4,7-9,14-15H,5-6,10H2,1-2H3,(H,21,23)/t14-,15+. The Morgan fingerprint density at radius 3 is 1.86 bits per heavy atom. The normalized spacial score (nSPS) is 20.3. The number of rotatable bonds is 5. The average Bonchev–Trinajstić information content (AvgIpc) is 2.97. The highest BCUT2D eigenvalue weighted by atomic mass is 16.5. The molecule has 2 atom stereocenters. The van der Waals surface area contributed by atoms with E-state index in [1.165, 1.54) is 32.4 Å². The van der Waals surface area contributed by atoms with E-state index in [9.17, 15) is 24.0 Å². The van der Waals surface area contributed by atoms with Crippen LogP contribution in [0.1, 0.15) is 33.6 Å². The SMILES string of the molecule is COC(=O)c1cc(NC(=O)CN2C(=O)[C@H]3CC=CC[C@H]3C2=O)cc(C(=O)OC)c1. The maximum Gasteiger partial charge on any atom is 0.337 e. The number of nitrogens with one attached hydrogen (secondary N) is 1. The predicted molar refractivity (Wildman–Crippen MR) is 99.8 cm³/mol. The van der Waals surface area contributed by atoms with Crippen molar-refractivity contribution in [3.63, 3.8) is 0 Å². The number of amides is 3. The summed E-state index contributed by atoms with van der Waals surface area (Å²) in [6.45, 7) is -0.444. The Morgan fingerprint density at radius 1 is 0.931 bits per heavy atom. The Morgan fingerprint density at radius 2 is 1.41 bits per heavy atom. The molecule has 1 heterocycles. The maximum atomic E-state index is 12.5. The van der Waals surface area contributed by atoms with Crippen molar-refractivity contribution in [2.75, 3.05) is 26.1 Å². The Kier molecular flexibility index (Phi) is 5.76. The van der Waals surface area contributed by atoms with Gasteiger partial charge in [-0.25, -0.2) is 9.59 Å². The van der Waals surface area contributed by atoms with Gasteiger partial charge in [-0.1, -0.05) is 12.2 Å². The summed E-state index contributed by atoms with van der Waals surface area (Å²) in [6, 6.07) is 3.93. The lowest BCUT2D eigenvalue weighted by Gasteiger charge is -2.15. The van der Waals surface area contributed by atoms with Gasteiger partial charge in [0.15, 0.2) is 0 Å². The van der Waals surface area contributed by atoms with Crippen LogP contribution in [0.5, 0.6) is 0 Å². The second-order valence-corrected chi connectivity index (χ2v) is 6.75. The molecule has 0 radical (unpaired) electrons. The number of imide groups is 1. The fraction of sp³-hybridized carbons (Fsp3) is 0.350. The zero-order valence-electron chi connectivity index (χ0n) is 16.0. The predicted octanol–water partition coefficient (Wildman–Crippen LogP) is 1.15. The van der Waals surface area contributed by atoms with Crippen molar-refractivity contribution in [2.45, 2.75) is 12.8 Å². The van der Waals surface area contributed by atoms with Crippen LogP contribution in [0.15, 0.2) is 30.4 Å². The number of anilines is 1. The number of nitrogens with zero attached hydrogens (tertiary/aromatic N) is 1. The third kappa shape index (κ3) is 4.03. The first kappa shape index (κ1) is 20.2. The van der Waals surface area contributed by atoms with Gasteiger partial charge in [0.05, 0.1) is 37.2 Å². The van der Waals surface area contributed by atoms with Gasteiger partial charge < -0.3 is 14.8 Å². The van der Waals surface area contributed by atoms with E-state index >= 15 is 0 Å². The molecule has 1 aromatic carbocycles. The Hall–Kier alpha value is -3.49. The van der Waals surface area contributed by atoms with E-state index in [0.29, 0.717) is 12.8 Å². The molecule has 3 rings (SSSR count). The van der Waals surface area contributed by atoms with Crippen molar-refractivity contribution in [1.29, 1.82) is 0 Å². The average molecular weight is 400 g/mol. The summed E-state index contributed by atoms with van der Waals surface area (Å²) in [7, 11) is 2.37. The summed E-state index contributed by atoms with van der Waals surface area (Å²) in [6.07, 6.45) is 4.69. The lowest BCUT2D eigenvalue weighted by Crippen LogP contribution is -2.38. The van der Waals surface area contributed by atoms with Gasteiger partial charge in [-0.3, -0.25) is 19.3 Å². The molecule has 0 unspecified atom stereocenters. The summed E-state index contributed by atoms with van der Waals surface area (Å²) >= 11 is 0. The van der Waals surface area contributed by atoms with Crippen LogP contribution in [0.25, 0.3) is 0 Å². The fourth-order valence-electron chi connectivity index (χ4n) is 3.54. The number of esters is 2. The first-order valence-electron chi connectivity index (χ1n) is 8.97. The number of likely N-dealkylation sites (tertiary alicyclic amines) is 1. The lowest BCUT2D eigenvalue weighted by molar-refractivity contribution is -0.142. The fourth-order valence-corrected chi connectivity index (χ4v) is 3.54. The van der Waals surface area contributed by atoms with Gasteiger partial charge in [0.1, 0.15) is 6.54 Å². The molecule has 3 amide bonds. The van der Waals surface area contributed by atoms with Crippen molar-refractivity contribution in [2.24, 2.45) is 11.8 Å². The van der Waals surface area contributed by atoms with Crippen LogP contribution in [-0.2, 0) is 23.9 Å². The second-order valence-electron chi connectivity index (χ2n) is 6.75. The van der Waals surface area contributed by atoms with Crippen molar-refractivity contribution in [3.05, 3.63) is 41.5 Å². The number of hydrogen-bond donors (Lipinski definition) is 1. The van der Waals surface area contributed by atoms with E-state index < -0.39 is 36.2 Å². The summed E-state index contributed by atoms with van der Waals surface area (Å²) < 4.78 is 9.29. The quantitative estimate of drug-likeness (QED) is 0.447. The van der Waals surface area contributed by atoms with Crippen LogP contribution in [0.3, 0.4) is 0 Å². The number of fused-ring (bicyclic) bond motifs is 1. The third-order valence-corrected chi connectivity index (χ3v) is 4.96. The third-order valence-electron chi connectivity index (χ3n) is 4.96. The monoisotopic (exact) mass is 400 g/mol. The van der Waals surface area contributed by atoms with E-state index in [1.807, 2.05) is 12.2 Å². The highest BCUT2D eigenvalue weighted by Crippen LogP contribution is 2.34. The topological polar surface area (TPSA) is 119 Å². The van der Waals surface area contributed by atoms with E-state index in [4.69, 9.17) is 0 Å². The molecule has 1 saturated heterocycles. The first-order chi connectivity index (χ1) is 13.8. The molecule has 29 heavy (non-hydrogen) atoms. The minimum Gasteiger partial charge on any atom is -0.465 e. The number of allylic oxidation sites excluding steroid dienone is 2. The highest BCUT2D eigenvalue weighted by Gasteiger charge is 2.47. The van der Waals surface area contributed by atoms with Crippen molar-refractivity contribution in [1.82, 2.24) is 4.90 Å². The molecule has 0 spiro atoms. The molecule has 1 N–H and O–H groups in total.